The summed E-state index contributed by atoms with van der Waals surface area (Å²) >= 11 is 3.13. The quantitative estimate of drug-likeness (QED) is 0.900. The monoisotopic (exact) mass is 261 g/mol. The van der Waals surface area contributed by atoms with E-state index in [9.17, 15) is 4.79 Å². The number of amides is 1. The lowest BCUT2D eigenvalue weighted by atomic mass is 10.3. The zero-order valence-electron chi connectivity index (χ0n) is 8.04. The van der Waals surface area contributed by atoms with E-state index in [2.05, 4.69) is 21.2 Å². The number of hydrogen-bond donors (Lipinski definition) is 1. The summed E-state index contributed by atoms with van der Waals surface area (Å²) in [5.74, 6) is -0.163. The summed E-state index contributed by atoms with van der Waals surface area (Å²) in [5.41, 5.74) is 0.500. The van der Waals surface area contributed by atoms with Crippen molar-refractivity contribution in [2.24, 2.45) is 0 Å². The molecule has 0 bridgehead atoms. The van der Waals surface area contributed by atoms with Crippen LogP contribution in [-0.2, 0) is 4.74 Å². The molecule has 1 aromatic heterocycles. The molecule has 1 rings (SSSR count). The third-order valence-electron chi connectivity index (χ3n) is 1.62. The zero-order valence-corrected chi connectivity index (χ0v) is 9.63. The van der Waals surface area contributed by atoms with Crippen LogP contribution in [-0.4, -0.2) is 25.7 Å². The summed E-state index contributed by atoms with van der Waals surface area (Å²) in [7, 11) is 1.59. The molecule has 0 aliphatic heterocycles. The summed E-state index contributed by atoms with van der Waals surface area (Å²) in [4.78, 5) is 11.5. The molecule has 14 heavy (non-hydrogen) atoms. The Morgan fingerprint density at radius 2 is 2.50 bits per heavy atom. The third kappa shape index (κ3) is 3.16. The van der Waals surface area contributed by atoms with Gasteiger partial charge in [-0.05, 0) is 22.9 Å². The Labute approximate surface area is 90.7 Å². The van der Waals surface area contributed by atoms with Gasteiger partial charge in [-0.25, -0.2) is 0 Å². The van der Waals surface area contributed by atoms with E-state index in [0.29, 0.717) is 16.8 Å². The molecule has 0 aliphatic rings. The van der Waals surface area contributed by atoms with Crippen molar-refractivity contribution in [1.82, 2.24) is 5.32 Å². The number of hydrogen-bond acceptors (Lipinski definition) is 3. The highest BCUT2D eigenvalue weighted by Crippen LogP contribution is 2.13. The van der Waals surface area contributed by atoms with E-state index in [0.717, 1.165) is 0 Å². The number of furan rings is 1. The van der Waals surface area contributed by atoms with E-state index in [-0.39, 0.29) is 11.9 Å². The van der Waals surface area contributed by atoms with Gasteiger partial charge in [-0.1, -0.05) is 0 Å². The Hall–Kier alpha value is -0.810. The van der Waals surface area contributed by atoms with E-state index in [4.69, 9.17) is 9.15 Å². The minimum Gasteiger partial charge on any atom is -0.457 e. The largest absolute Gasteiger partial charge is 0.457 e. The average molecular weight is 262 g/mol. The molecule has 0 fully saturated rings. The Balaban J connectivity index is 2.50. The lowest BCUT2D eigenvalue weighted by Gasteiger charge is -2.11. The maximum Gasteiger partial charge on any atom is 0.254 e. The first kappa shape index (κ1) is 11.3. The molecule has 0 saturated carbocycles. The highest BCUT2D eigenvalue weighted by atomic mass is 79.9. The second-order valence-corrected chi connectivity index (χ2v) is 3.75. The smallest absolute Gasteiger partial charge is 0.254 e. The van der Waals surface area contributed by atoms with Gasteiger partial charge in [0.05, 0.1) is 12.2 Å². The highest BCUT2D eigenvalue weighted by molar-refractivity contribution is 9.10. The molecule has 0 aliphatic carbocycles. The van der Waals surface area contributed by atoms with Crippen molar-refractivity contribution in [2.75, 3.05) is 13.7 Å². The van der Waals surface area contributed by atoms with Crippen LogP contribution in [0.3, 0.4) is 0 Å². The second-order valence-electron chi connectivity index (χ2n) is 2.97. The molecular weight excluding hydrogens is 250 g/mol. The second kappa shape index (κ2) is 5.17. The first-order chi connectivity index (χ1) is 6.63. The topological polar surface area (TPSA) is 51.5 Å². The van der Waals surface area contributed by atoms with Crippen molar-refractivity contribution in [1.29, 1.82) is 0 Å². The van der Waals surface area contributed by atoms with Crippen molar-refractivity contribution in [3.63, 3.8) is 0 Å². The molecule has 78 valence electrons. The lowest BCUT2D eigenvalue weighted by molar-refractivity contribution is 0.0905. The molecule has 1 unspecified atom stereocenters. The van der Waals surface area contributed by atoms with Gasteiger partial charge in [-0.3, -0.25) is 4.79 Å². The summed E-state index contributed by atoms with van der Waals surface area (Å²) in [6.07, 6.45) is 1.40. The Bertz CT molecular complexity index is 311. The van der Waals surface area contributed by atoms with Gasteiger partial charge in [0.25, 0.3) is 5.91 Å². The molecule has 1 atom stereocenters. The van der Waals surface area contributed by atoms with Crippen molar-refractivity contribution < 1.29 is 13.9 Å². The van der Waals surface area contributed by atoms with E-state index >= 15 is 0 Å². The number of methoxy groups -OCH3 is 1. The van der Waals surface area contributed by atoms with E-state index in [1.165, 1.54) is 6.26 Å². The first-order valence-electron chi connectivity index (χ1n) is 4.17. The fraction of sp³-hybridized carbons (Fsp3) is 0.444. The first-order valence-corrected chi connectivity index (χ1v) is 4.96. The van der Waals surface area contributed by atoms with Crippen LogP contribution in [0.2, 0.25) is 0 Å². The molecular formula is C9H12BrNO3. The summed E-state index contributed by atoms with van der Waals surface area (Å²) in [5, 5.41) is 2.77. The van der Waals surface area contributed by atoms with Gasteiger partial charge in [0.1, 0.15) is 6.26 Å². The molecule has 0 spiro atoms. The van der Waals surface area contributed by atoms with Gasteiger partial charge in [-0.2, -0.15) is 0 Å². The number of halogens is 1. The van der Waals surface area contributed by atoms with Gasteiger partial charge in [-0.15, -0.1) is 0 Å². The zero-order chi connectivity index (χ0) is 10.6. The van der Waals surface area contributed by atoms with Crippen LogP contribution < -0.4 is 5.32 Å². The minimum atomic E-state index is -0.163. The minimum absolute atomic E-state index is 0.0128. The van der Waals surface area contributed by atoms with Crippen LogP contribution in [0.4, 0.5) is 0 Å². The lowest BCUT2D eigenvalue weighted by Crippen LogP contribution is -2.35. The Kier molecular flexibility index (Phi) is 4.16. The summed E-state index contributed by atoms with van der Waals surface area (Å²) in [6.45, 7) is 2.36. The molecule has 5 heteroatoms. The van der Waals surface area contributed by atoms with Crippen molar-refractivity contribution in [3.05, 3.63) is 22.6 Å². The molecule has 0 aromatic carbocycles. The summed E-state index contributed by atoms with van der Waals surface area (Å²) < 4.78 is 10.4. The fourth-order valence-electron chi connectivity index (χ4n) is 1.03. The van der Waals surface area contributed by atoms with Gasteiger partial charge >= 0.3 is 0 Å². The van der Waals surface area contributed by atoms with Crippen molar-refractivity contribution in [2.45, 2.75) is 13.0 Å². The predicted molar refractivity (Wildman–Crippen MR) is 55.2 cm³/mol. The standard InChI is InChI=1S/C9H12BrNO3/c1-6(4-13-2)11-9(12)7-3-8(10)14-5-7/h3,5-6H,4H2,1-2H3,(H,11,12). The third-order valence-corrected chi connectivity index (χ3v) is 2.04. The summed E-state index contributed by atoms with van der Waals surface area (Å²) in [6, 6.07) is 1.61. The SMILES string of the molecule is COCC(C)NC(=O)c1coc(Br)c1. The van der Waals surface area contributed by atoms with Crippen LogP contribution in [0, 0.1) is 0 Å². The van der Waals surface area contributed by atoms with Crippen molar-refractivity contribution >= 4 is 21.8 Å². The fourth-order valence-corrected chi connectivity index (χ4v) is 1.37. The molecule has 1 amide bonds. The van der Waals surface area contributed by atoms with E-state index in [1.54, 1.807) is 13.2 Å². The Morgan fingerprint density at radius 1 is 1.79 bits per heavy atom. The molecule has 0 radical (unpaired) electrons. The molecule has 1 N–H and O–H groups in total. The predicted octanol–water partition coefficient (Wildman–Crippen LogP) is 1.81. The maximum absolute atomic E-state index is 11.5. The number of carbonyl (C=O) groups is 1. The van der Waals surface area contributed by atoms with Gasteiger partial charge in [0.15, 0.2) is 4.67 Å². The number of ether oxygens (including phenoxy) is 1. The molecule has 1 aromatic rings. The van der Waals surface area contributed by atoms with Gasteiger partial charge < -0.3 is 14.5 Å². The normalized spacial score (nSPS) is 12.5. The van der Waals surface area contributed by atoms with Crippen LogP contribution in [0.15, 0.2) is 21.4 Å². The molecule has 0 saturated heterocycles. The number of nitrogens with one attached hydrogen (secondary N) is 1. The molecule has 1 heterocycles. The van der Waals surface area contributed by atoms with Crippen molar-refractivity contribution in [3.8, 4) is 0 Å². The highest BCUT2D eigenvalue weighted by Gasteiger charge is 2.11. The van der Waals surface area contributed by atoms with E-state index in [1.807, 2.05) is 6.92 Å². The number of rotatable bonds is 4. The van der Waals surface area contributed by atoms with Crippen LogP contribution in [0.5, 0.6) is 0 Å². The van der Waals surface area contributed by atoms with Crippen LogP contribution >= 0.6 is 15.9 Å². The number of carbonyl (C=O) groups excluding carboxylic acids is 1. The van der Waals surface area contributed by atoms with Crippen LogP contribution in [0.1, 0.15) is 17.3 Å². The van der Waals surface area contributed by atoms with Crippen LogP contribution in [0.25, 0.3) is 0 Å². The van der Waals surface area contributed by atoms with E-state index < -0.39 is 0 Å². The average Bonchev–Trinajstić information content (AvgIpc) is 2.52. The maximum atomic E-state index is 11.5. The Morgan fingerprint density at radius 3 is 3.00 bits per heavy atom. The van der Waals surface area contributed by atoms with Gasteiger partial charge in [0.2, 0.25) is 0 Å². The molecule has 4 nitrogen and oxygen atoms in total. The van der Waals surface area contributed by atoms with Gasteiger partial charge in [0, 0.05) is 19.2 Å².